The Hall–Kier alpha value is -1.29. The van der Waals surface area contributed by atoms with Crippen LogP contribution in [0, 0.1) is 6.92 Å². The summed E-state index contributed by atoms with van der Waals surface area (Å²) in [4.78, 5) is 10.7. The molecule has 4 nitrogen and oxygen atoms in total. The van der Waals surface area contributed by atoms with Crippen LogP contribution in [0.15, 0.2) is 16.5 Å². The van der Waals surface area contributed by atoms with Crippen molar-refractivity contribution < 1.29 is 14.3 Å². The molecule has 0 aliphatic carbocycles. The molecular formula is C11H17NO3. The van der Waals surface area contributed by atoms with Crippen LogP contribution >= 0.6 is 0 Å². The van der Waals surface area contributed by atoms with Crippen LogP contribution in [-0.2, 0) is 4.79 Å². The van der Waals surface area contributed by atoms with Gasteiger partial charge in [0.05, 0.1) is 6.42 Å². The van der Waals surface area contributed by atoms with Crippen molar-refractivity contribution in [3.63, 3.8) is 0 Å². The highest BCUT2D eigenvalue weighted by Gasteiger charge is 2.24. The first-order valence-electron chi connectivity index (χ1n) is 5.08. The molecule has 0 aromatic carbocycles. The molecule has 84 valence electrons. The summed E-state index contributed by atoms with van der Waals surface area (Å²) in [7, 11) is 0. The van der Waals surface area contributed by atoms with Crippen LogP contribution in [0.3, 0.4) is 0 Å². The standard InChI is InChI=1S/C11H17NO3/c1-3-9(12)8(6-11(13)14)10-5-4-7(2)15-10/h4-5,8-9H,3,6,12H2,1-2H3,(H,13,14). The van der Waals surface area contributed by atoms with Gasteiger partial charge in [-0.3, -0.25) is 4.79 Å². The summed E-state index contributed by atoms with van der Waals surface area (Å²) in [5.41, 5.74) is 5.88. The van der Waals surface area contributed by atoms with Crippen LogP contribution in [0.1, 0.15) is 37.2 Å². The summed E-state index contributed by atoms with van der Waals surface area (Å²) in [5, 5.41) is 8.80. The van der Waals surface area contributed by atoms with Gasteiger partial charge >= 0.3 is 5.97 Å². The molecule has 0 saturated heterocycles. The van der Waals surface area contributed by atoms with Crippen molar-refractivity contribution in [2.75, 3.05) is 0 Å². The van der Waals surface area contributed by atoms with E-state index in [0.29, 0.717) is 5.76 Å². The van der Waals surface area contributed by atoms with Gasteiger partial charge < -0.3 is 15.3 Å². The molecule has 0 radical (unpaired) electrons. The Kier molecular flexibility index (Phi) is 3.91. The normalized spacial score (nSPS) is 14.9. The van der Waals surface area contributed by atoms with E-state index in [1.54, 1.807) is 6.07 Å². The minimum atomic E-state index is -0.849. The molecule has 0 aliphatic heterocycles. The molecule has 2 unspecified atom stereocenters. The van der Waals surface area contributed by atoms with Gasteiger partial charge in [0, 0.05) is 12.0 Å². The first-order valence-corrected chi connectivity index (χ1v) is 5.08. The lowest BCUT2D eigenvalue weighted by molar-refractivity contribution is -0.137. The Morgan fingerprint density at radius 2 is 2.27 bits per heavy atom. The molecule has 0 saturated carbocycles. The van der Waals surface area contributed by atoms with Crippen LogP contribution in [0.2, 0.25) is 0 Å². The van der Waals surface area contributed by atoms with E-state index in [4.69, 9.17) is 15.3 Å². The number of hydrogen-bond acceptors (Lipinski definition) is 3. The zero-order valence-corrected chi connectivity index (χ0v) is 9.06. The van der Waals surface area contributed by atoms with Gasteiger partial charge in [-0.25, -0.2) is 0 Å². The van der Waals surface area contributed by atoms with Crippen molar-refractivity contribution >= 4 is 5.97 Å². The number of aliphatic carboxylic acids is 1. The Morgan fingerprint density at radius 3 is 2.67 bits per heavy atom. The molecule has 0 fully saturated rings. The zero-order chi connectivity index (χ0) is 11.4. The molecule has 1 heterocycles. The SMILES string of the molecule is CCC(N)C(CC(=O)O)c1ccc(C)o1. The Labute approximate surface area is 89.1 Å². The zero-order valence-electron chi connectivity index (χ0n) is 9.06. The summed E-state index contributed by atoms with van der Waals surface area (Å²) >= 11 is 0. The number of carboxylic acid groups (broad SMARTS) is 1. The molecule has 2 atom stereocenters. The van der Waals surface area contributed by atoms with Gasteiger partial charge in [-0.1, -0.05) is 6.92 Å². The fourth-order valence-electron chi connectivity index (χ4n) is 1.59. The highest BCUT2D eigenvalue weighted by atomic mass is 16.4. The first-order chi connectivity index (χ1) is 7.04. The van der Waals surface area contributed by atoms with Gasteiger partial charge in [0.15, 0.2) is 0 Å². The van der Waals surface area contributed by atoms with Crippen LogP contribution in [0.4, 0.5) is 0 Å². The molecular weight excluding hydrogens is 194 g/mol. The highest BCUT2D eigenvalue weighted by Crippen LogP contribution is 2.25. The third kappa shape index (κ3) is 3.09. The second-order valence-electron chi connectivity index (χ2n) is 3.72. The minimum Gasteiger partial charge on any atom is -0.481 e. The molecule has 0 aliphatic rings. The number of carboxylic acids is 1. The fraction of sp³-hybridized carbons (Fsp3) is 0.545. The molecule has 3 N–H and O–H groups in total. The van der Waals surface area contributed by atoms with E-state index in [1.165, 1.54) is 0 Å². The predicted molar refractivity (Wildman–Crippen MR) is 56.7 cm³/mol. The van der Waals surface area contributed by atoms with Gasteiger partial charge in [0.2, 0.25) is 0 Å². The number of rotatable bonds is 5. The molecule has 1 aromatic heterocycles. The number of aryl methyl sites for hydroxylation is 1. The first kappa shape index (κ1) is 11.8. The van der Waals surface area contributed by atoms with E-state index >= 15 is 0 Å². The second kappa shape index (κ2) is 4.98. The largest absolute Gasteiger partial charge is 0.481 e. The van der Waals surface area contributed by atoms with Crippen LogP contribution in [0.5, 0.6) is 0 Å². The third-order valence-corrected chi connectivity index (χ3v) is 2.51. The van der Waals surface area contributed by atoms with Gasteiger partial charge in [0.25, 0.3) is 0 Å². The molecule has 0 spiro atoms. The van der Waals surface area contributed by atoms with Crippen molar-refractivity contribution in [3.05, 3.63) is 23.7 Å². The van der Waals surface area contributed by atoms with E-state index in [0.717, 1.165) is 12.2 Å². The number of hydrogen-bond donors (Lipinski definition) is 2. The van der Waals surface area contributed by atoms with Gasteiger partial charge in [0.1, 0.15) is 11.5 Å². The summed E-state index contributed by atoms with van der Waals surface area (Å²) in [6, 6.07) is 3.46. The molecule has 0 amide bonds. The van der Waals surface area contributed by atoms with Gasteiger partial charge in [-0.05, 0) is 25.5 Å². The lowest BCUT2D eigenvalue weighted by Gasteiger charge is -2.18. The summed E-state index contributed by atoms with van der Waals surface area (Å²) in [6.07, 6.45) is 0.750. The smallest absolute Gasteiger partial charge is 0.304 e. The molecule has 1 aromatic rings. The van der Waals surface area contributed by atoms with Gasteiger partial charge in [-0.2, -0.15) is 0 Å². The summed E-state index contributed by atoms with van der Waals surface area (Å²) < 4.78 is 5.43. The van der Waals surface area contributed by atoms with Crippen LogP contribution in [0.25, 0.3) is 0 Å². The Balaban J connectivity index is 2.85. The minimum absolute atomic E-state index is 0.0158. The third-order valence-electron chi connectivity index (χ3n) is 2.51. The monoisotopic (exact) mass is 211 g/mol. The van der Waals surface area contributed by atoms with E-state index in [-0.39, 0.29) is 18.4 Å². The second-order valence-corrected chi connectivity index (χ2v) is 3.72. The van der Waals surface area contributed by atoms with Gasteiger partial charge in [-0.15, -0.1) is 0 Å². The summed E-state index contributed by atoms with van der Waals surface area (Å²) in [5.74, 6) is 0.368. The molecule has 4 heteroatoms. The average molecular weight is 211 g/mol. The average Bonchev–Trinajstić information content (AvgIpc) is 2.59. The van der Waals surface area contributed by atoms with Crippen LogP contribution < -0.4 is 5.73 Å². The maximum atomic E-state index is 10.7. The molecule has 1 rings (SSSR count). The topological polar surface area (TPSA) is 76.5 Å². The number of furan rings is 1. The van der Waals surface area contributed by atoms with E-state index in [9.17, 15) is 4.79 Å². The highest BCUT2D eigenvalue weighted by molar-refractivity contribution is 5.68. The lowest BCUT2D eigenvalue weighted by atomic mass is 9.92. The van der Waals surface area contributed by atoms with Crippen molar-refractivity contribution in [3.8, 4) is 0 Å². The van der Waals surface area contributed by atoms with Crippen molar-refractivity contribution in [1.82, 2.24) is 0 Å². The molecule has 15 heavy (non-hydrogen) atoms. The van der Waals surface area contributed by atoms with Crippen molar-refractivity contribution in [2.45, 2.75) is 38.6 Å². The Morgan fingerprint density at radius 1 is 1.60 bits per heavy atom. The van der Waals surface area contributed by atoms with Crippen molar-refractivity contribution in [1.29, 1.82) is 0 Å². The fourth-order valence-corrected chi connectivity index (χ4v) is 1.59. The molecule has 0 bridgehead atoms. The van der Waals surface area contributed by atoms with E-state index < -0.39 is 5.97 Å². The number of carbonyl (C=O) groups is 1. The maximum Gasteiger partial charge on any atom is 0.304 e. The number of nitrogens with two attached hydrogens (primary N) is 1. The van der Waals surface area contributed by atoms with Crippen LogP contribution in [-0.4, -0.2) is 17.1 Å². The predicted octanol–water partition coefficient (Wildman–Crippen LogP) is 1.88. The van der Waals surface area contributed by atoms with Crippen molar-refractivity contribution in [2.24, 2.45) is 5.73 Å². The quantitative estimate of drug-likeness (QED) is 0.779. The maximum absolute atomic E-state index is 10.7. The van der Waals surface area contributed by atoms with E-state index in [1.807, 2.05) is 19.9 Å². The lowest BCUT2D eigenvalue weighted by Crippen LogP contribution is -2.29. The Bertz CT molecular complexity index is 332. The van der Waals surface area contributed by atoms with E-state index in [2.05, 4.69) is 0 Å². The summed E-state index contributed by atoms with van der Waals surface area (Å²) in [6.45, 7) is 3.77.